The van der Waals surface area contributed by atoms with Gasteiger partial charge in [0.05, 0.1) is 5.02 Å². The summed E-state index contributed by atoms with van der Waals surface area (Å²) in [6.07, 6.45) is 0. The lowest BCUT2D eigenvalue weighted by atomic mass is 10.1. The van der Waals surface area contributed by atoms with Gasteiger partial charge in [0.25, 0.3) is 0 Å². The lowest BCUT2D eigenvalue weighted by Crippen LogP contribution is -2.55. The number of likely N-dealkylation sites (N-methyl/N-ethyl adjacent to an activating group) is 1. The van der Waals surface area contributed by atoms with E-state index >= 15 is 0 Å². The van der Waals surface area contributed by atoms with Gasteiger partial charge in [0, 0.05) is 36.4 Å². The minimum atomic E-state index is 0.0108. The molecule has 2 unspecified atom stereocenters. The molecule has 2 rings (SSSR count). The highest BCUT2D eigenvalue weighted by Gasteiger charge is 2.26. The molecule has 1 saturated heterocycles. The van der Waals surface area contributed by atoms with Crippen molar-refractivity contribution in [2.45, 2.75) is 32.9 Å². The van der Waals surface area contributed by atoms with E-state index < -0.39 is 0 Å². The number of nitrogens with zero attached hydrogens (tertiary/aromatic N) is 2. The third-order valence-electron chi connectivity index (χ3n) is 4.06. The summed E-state index contributed by atoms with van der Waals surface area (Å²) in [5, 5.41) is 0.546. The molecule has 0 saturated carbocycles. The van der Waals surface area contributed by atoms with Crippen molar-refractivity contribution in [3.63, 3.8) is 0 Å². The molecular formula is C15H21ClN2O. The number of ketones is 1. The zero-order valence-electron chi connectivity index (χ0n) is 12.0. The van der Waals surface area contributed by atoms with E-state index in [9.17, 15) is 4.79 Å². The summed E-state index contributed by atoms with van der Waals surface area (Å²) in [6.45, 7) is 7.97. The van der Waals surface area contributed by atoms with Gasteiger partial charge < -0.3 is 4.90 Å². The molecule has 4 heteroatoms. The molecular weight excluding hydrogens is 260 g/mol. The number of carbonyl (C=O) groups is 1. The molecule has 1 fully saturated rings. The molecule has 0 spiro atoms. The molecule has 104 valence electrons. The predicted molar refractivity (Wildman–Crippen MR) is 80.4 cm³/mol. The molecule has 0 radical (unpaired) electrons. The van der Waals surface area contributed by atoms with E-state index in [0.29, 0.717) is 22.7 Å². The number of carbonyl (C=O) groups excluding carboxylic acids is 1. The Hall–Kier alpha value is -1.06. The van der Waals surface area contributed by atoms with Gasteiger partial charge in [0.1, 0.15) is 0 Å². The second-order valence-corrected chi connectivity index (χ2v) is 5.90. The van der Waals surface area contributed by atoms with E-state index in [0.717, 1.165) is 18.8 Å². The van der Waals surface area contributed by atoms with Gasteiger partial charge in [-0.3, -0.25) is 9.69 Å². The summed E-state index contributed by atoms with van der Waals surface area (Å²) in [6, 6.07) is 6.74. The number of hydrogen-bond donors (Lipinski definition) is 0. The van der Waals surface area contributed by atoms with Crippen molar-refractivity contribution in [1.82, 2.24) is 4.90 Å². The summed E-state index contributed by atoms with van der Waals surface area (Å²) in [7, 11) is 2.17. The third kappa shape index (κ3) is 2.93. The van der Waals surface area contributed by atoms with E-state index in [1.807, 2.05) is 18.2 Å². The second-order valence-electron chi connectivity index (χ2n) is 5.49. The van der Waals surface area contributed by atoms with Crippen LogP contribution in [0, 0.1) is 0 Å². The molecule has 1 aliphatic rings. The van der Waals surface area contributed by atoms with Crippen molar-refractivity contribution in [2.75, 3.05) is 25.0 Å². The maximum atomic E-state index is 11.4. The van der Waals surface area contributed by atoms with Crippen LogP contribution in [0.1, 0.15) is 31.1 Å². The van der Waals surface area contributed by atoms with E-state index in [1.165, 1.54) is 0 Å². The van der Waals surface area contributed by atoms with Gasteiger partial charge in [0.15, 0.2) is 5.78 Å². The Bertz CT molecular complexity index is 477. The van der Waals surface area contributed by atoms with Gasteiger partial charge in [-0.2, -0.15) is 0 Å². The minimum absolute atomic E-state index is 0.0108. The summed E-state index contributed by atoms with van der Waals surface area (Å²) in [5.74, 6) is 0.0108. The quantitative estimate of drug-likeness (QED) is 0.778. The Morgan fingerprint density at radius 2 is 1.84 bits per heavy atom. The number of hydrogen-bond acceptors (Lipinski definition) is 3. The second kappa shape index (κ2) is 5.51. The SMILES string of the molecule is CC(=O)c1ccc(N2CC(C)N(C)C(C)C2)cc1Cl. The number of benzene rings is 1. The fraction of sp³-hybridized carbons (Fsp3) is 0.533. The Morgan fingerprint density at radius 1 is 1.26 bits per heavy atom. The molecule has 0 N–H and O–H groups in total. The van der Waals surface area contributed by atoms with E-state index in [1.54, 1.807) is 6.92 Å². The zero-order valence-corrected chi connectivity index (χ0v) is 12.7. The van der Waals surface area contributed by atoms with Crippen molar-refractivity contribution in [1.29, 1.82) is 0 Å². The number of halogens is 1. The highest BCUT2D eigenvalue weighted by Crippen LogP contribution is 2.27. The summed E-state index contributed by atoms with van der Waals surface area (Å²) >= 11 is 6.19. The maximum absolute atomic E-state index is 11.4. The molecule has 0 bridgehead atoms. The minimum Gasteiger partial charge on any atom is -0.368 e. The van der Waals surface area contributed by atoms with Crippen LogP contribution in [0.4, 0.5) is 5.69 Å². The first-order chi connectivity index (χ1) is 8.90. The van der Waals surface area contributed by atoms with Gasteiger partial charge in [0.2, 0.25) is 0 Å². The molecule has 0 amide bonds. The first-order valence-electron chi connectivity index (χ1n) is 6.67. The van der Waals surface area contributed by atoms with Crippen molar-refractivity contribution >= 4 is 23.1 Å². The first kappa shape index (κ1) is 14.4. The lowest BCUT2D eigenvalue weighted by molar-refractivity contribution is 0.101. The van der Waals surface area contributed by atoms with Crippen molar-refractivity contribution in [3.8, 4) is 0 Å². The third-order valence-corrected chi connectivity index (χ3v) is 4.37. The number of rotatable bonds is 2. The van der Waals surface area contributed by atoms with Crippen molar-refractivity contribution < 1.29 is 4.79 Å². The van der Waals surface area contributed by atoms with E-state index in [4.69, 9.17) is 11.6 Å². The van der Waals surface area contributed by atoms with E-state index in [2.05, 4.69) is 30.7 Å². The number of anilines is 1. The van der Waals surface area contributed by atoms with Gasteiger partial charge in [-0.05, 0) is 46.0 Å². The van der Waals surface area contributed by atoms with Crippen LogP contribution in [0.5, 0.6) is 0 Å². The van der Waals surface area contributed by atoms with Crippen LogP contribution in [0.25, 0.3) is 0 Å². The average Bonchev–Trinajstić information content (AvgIpc) is 2.34. The van der Waals surface area contributed by atoms with Gasteiger partial charge in [-0.1, -0.05) is 11.6 Å². The van der Waals surface area contributed by atoms with Crippen LogP contribution in [-0.4, -0.2) is 42.9 Å². The average molecular weight is 281 g/mol. The molecule has 1 aliphatic heterocycles. The predicted octanol–water partition coefficient (Wildman–Crippen LogP) is 3.07. The highest BCUT2D eigenvalue weighted by molar-refractivity contribution is 6.34. The maximum Gasteiger partial charge on any atom is 0.161 e. The van der Waals surface area contributed by atoms with Crippen molar-refractivity contribution in [3.05, 3.63) is 28.8 Å². The molecule has 2 atom stereocenters. The largest absolute Gasteiger partial charge is 0.368 e. The fourth-order valence-electron chi connectivity index (χ4n) is 2.60. The Morgan fingerprint density at radius 3 is 2.32 bits per heavy atom. The Kier molecular flexibility index (Phi) is 4.16. The summed E-state index contributed by atoms with van der Waals surface area (Å²) in [5.41, 5.74) is 1.70. The Balaban J connectivity index is 2.23. The number of piperazine rings is 1. The van der Waals surface area contributed by atoms with Gasteiger partial charge >= 0.3 is 0 Å². The van der Waals surface area contributed by atoms with Crippen LogP contribution >= 0.6 is 11.6 Å². The standard InChI is InChI=1S/C15H21ClN2O/c1-10-8-18(9-11(2)17(10)4)13-5-6-14(12(3)19)15(16)7-13/h5-7,10-11H,8-9H2,1-4H3. The Labute approximate surface area is 120 Å². The summed E-state index contributed by atoms with van der Waals surface area (Å²) in [4.78, 5) is 16.1. The summed E-state index contributed by atoms with van der Waals surface area (Å²) < 4.78 is 0. The van der Waals surface area contributed by atoms with Crippen LogP contribution in [-0.2, 0) is 0 Å². The highest BCUT2D eigenvalue weighted by atomic mass is 35.5. The fourth-order valence-corrected chi connectivity index (χ4v) is 2.91. The molecule has 1 aromatic carbocycles. The molecule has 0 aromatic heterocycles. The molecule has 19 heavy (non-hydrogen) atoms. The monoisotopic (exact) mass is 280 g/mol. The molecule has 1 aromatic rings. The van der Waals surface area contributed by atoms with Crippen molar-refractivity contribution in [2.24, 2.45) is 0 Å². The van der Waals surface area contributed by atoms with Crippen LogP contribution in [0.15, 0.2) is 18.2 Å². The first-order valence-corrected chi connectivity index (χ1v) is 7.05. The normalized spacial score (nSPS) is 24.6. The lowest BCUT2D eigenvalue weighted by Gasteiger charge is -2.43. The number of Topliss-reactive ketones (excluding diaryl/α,β-unsaturated/α-hetero) is 1. The molecule has 3 nitrogen and oxygen atoms in total. The molecule has 0 aliphatic carbocycles. The van der Waals surface area contributed by atoms with Gasteiger partial charge in [-0.15, -0.1) is 0 Å². The molecule has 1 heterocycles. The van der Waals surface area contributed by atoms with Crippen LogP contribution in [0.3, 0.4) is 0 Å². The van der Waals surface area contributed by atoms with Crippen LogP contribution < -0.4 is 4.90 Å². The smallest absolute Gasteiger partial charge is 0.161 e. The zero-order chi connectivity index (χ0) is 14.2. The van der Waals surface area contributed by atoms with E-state index in [-0.39, 0.29) is 5.78 Å². The van der Waals surface area contributed by atoms with Crippen LogP contribution in [0.2, 0.25) is 5.02 Å². The topological polar surface area (TPSA) is 23.6 Å². The van der Waals surface area contributed by atoms with Gasteiger partial charge in [-0.25, -0.2) is 0 Å².